The van der Waals surface area contributed by atoms with Crippen molar-refractivity contribution in [1.29, 1.82) is 0 Å². The second-order valence-corrected chi connectivity index (χ2v) is 8.44. The van der Waals surface area contributed by atoms with Crippen LogP contribution in [0.1, 0.15) is 40.1 Å². The van der Waals surface area contributed by atoms with Crippen LogP contribution in [0.25, 0.3) is 0 Å². The van der Waals surface area contributed by atoms with Gasteiger partial charge in [-0.2, -0.15) is 9.93 Å². The van der Waals surface area contributed by atoms with E-state index in [0.717, 1.165) is 21.9 Å². The Hall–Kier alpha value is -3.64. The summed E-state index contributed by atoms with van der Waals surface area (Å²) in [4.78, 5) is 32.8. The molecule has 1 saturated heterocycles. The number of aliphatic hydroxyl groups is 2. The van der Waals surface area contributed by atoms with Crippen molar-refractivity contribution in [3.05, 3.63) is 94.0 Å². The van der Waals surface area contributed by atoms with E-state index < -0.39 is 42.7 Å². The van der Waals surface area contributed by atoms with Gasteiger partial charge in [-0.05, 0) is 22.1 Å². The van der Waals surface area contributed by atoms with Gasteiger partial charge >= 0.3 is 5.69 Å². The molecule has 4 atom stereocenters. The van der Waals surface area contributed by atoms with E-state index in [4.69, 9.17) is 10.5 Å². The van der Waals surface area contributed by atoms with Crippen LogP contribution in [0, 0.1) is 0 Å². The largest absolute Gasteiger partial charge is 0.394 e. The summed E-state index contributed by atoms with van der Waals surface area (Å²) in [5.74, 6) is -0.877. The quantitative estimate of drug-likeness (QED) is 0.345. The summed E-state index contributed by atoms with van der Waals surface area (Å²) in [5, 5.41) is 22.2. The third kappa shape index (κ3) is 5.29. The predicted molar refractivity (Wildman–Crippen MR) is 128 cm³/mol. The molecular weight excluding hydrogens is 471 g/mol. The third-order valence-corrected chi connectivity index (χ3v) is 6.22. The zero-order valence-electron chi connectivity index (χ0n) is 19.2. The highest BCUT2D eigenvalue weighted by molar-refractivity contribution is 5.97. The predicted octanol–water partition coefficient (Wildman–Crippen LogP) is 1.30. The number of nitrogen functional groups attached to an aromatic ring is 1. The number of aromatic nitrogens is 2. The van der Waals surface area contributed by atoms with Crippen molar-refractivity contribution in [1.82, 2.24) is 14.9 Å². The zero-order chi connectivity index (χ0) is 25.7. The number of hydrogen-bond acceptors (Lipinski definition) is 8. The molecule has 1 aromatic heterocycles. The smallest absolute Gasteiger partial charge is 0.351 e. The lowest BCUT2D eigenvalue weighted by atomic mass is 9.88. The lowest BCUT2D eigenvalue weighted by Crippen LogP contribution is -2.38. The molecule has 10 nitrogen and oxygen atoms in total. The summed E-state index contributed by atoms with van der Waals surface area (Å²) in [7, 11) is 0. The molecule has 1 aliphatic rings. The van der Waals surface area contributed by atoms with Gasteiger partial charge in [-0.15, -0.1) is 0 Å². The molecule has 2 aromatic carbocycles. The van der Waals surface area contributed by atoms with Crippen LogP contribution in [0.3, 0.4) is 0 Å². The highest BCUT2D eigenvalue weighted by atomic mass is 19.3. The fourth-order valence-electron chi connectivity index (χ4n) is 4.35. The minimum Gasteiger partial charge on any atom is -0.394 e. The first-order valence-electron chi connectivity index (χ1n) is 11.4. The van der Waals surface area contributed by atoms with Crippen molar-refractivity contribution in [2.24, 2.45) is 0 Å². The topological polar surface area (TPSA) is 149 Å². The molecule has 0 radical (unpaired) electrons. The first-order valence-corrected chi connectivity index (χ1v) is 11.4. The Morgan fingerprint density at radius 1 is 1.17 bits per heavy atom. The number of carbonyl (C=O) groups is 1. The van der Waals surface area contributed by atoms with E-state index >= 15 is 0 Å². The van der Waals surface area contributed by atoms with Crippen LogP contribution in [0.15, 0.2) is 71.7 Å². The molecule has 0 saturated carbocycles. The number of nitrogens with two attached hydrogens (primary N) is 1. The van der Waals surface area contributed by atoms with Gasteiger partial charge in [-0.3, -0.25) is 9.36 Å². The number of anilines is 1. The maximum atomic E-state index is 13.1. The van der Waals surface area contributed by atoms with Crippen molar-refractivity contribution in [2.45, 2.75) is 36.9 Å². The Morgan fingerprint density at radius 2 is 1.78 bits per heavy atom. The van der Waals surface area contributed by atoms with E-state index in [-0.39, 0.29) is 23.8 Å². The van der Waals surface area contributed by atoms with E-state index in [1.165, 1.54) is 0 Å². The Labute approximate surface area is 206 Å². The highest BCUT2D eigenvalue weighted by Crippen LogP contribution is 2.31. The Morgan fingerprint density at radius 3 is 2.33 bits per heavy atom. The normalized spacial score (nSPS) is 21.6. The van der Waals surface area contributed by atoms with Crippen molar-refractivity contribution >= 4 is 11.7 Å². The molecule has 11 heteroatoms. The SMILES string of the molecule is Nc1nc(=O)n([C@@H]2O[C@H](CO)[C@H](O)[C@H]2OF)cc1C(=O)NCCC(c1ccccc1)c1ccccc1. The summed E-state index contributed by atoms with van der Waals surface area (Å²) in [6.45, 7) is -0.348. The number of nitrogens with one attached hydrogen (secondary N) is 1. The van der Waals surface area contributed by atoms with Gasteiger partial charge in [0.05, 0.1) is 12.2 Å². The molecule has 1 amide bonds. The molecule has 2 heterocycles. The Bertz CT molecular complexity index is 1190. The molecular formula is C25H27FN4O6. The summed E-state index contributed by atoms with van der Waals surface area (Å²) >= 11 is 0. The van der Waals surface area contributed by atoms with Crippen LogP contribution in [-0.2, 0) is 9.68 Å². The van der Waals surface area contributed by atoms with Crippen molar-refractivity contribution in [2.75, 3.05) is 18.9 Å². The average molecular weight is 499 g/mol. The minimum absolute atomic E-state index is 0.0309. The maximum Gasteiger partial charge on any atom is 0.351 e. The lowest BCUT2D eigenvalue weighted by molar-refractivity contribution is -0.221. The average Bonchev–Trinajstić information content (AvgIpc) is 3.22. The van der Waals surface area contributed by atoms with E-state index in [1.54, 1.807) is 0 Å². The van der Waals surface area contributed by atoms with Gasteiger partial charge < -0.3 is 26.0 Å². The molecule has 0 aliphatic carbocycles. The van der Waals surface area contributed by atoms with Gasteiger partial charge in [0.1, 0.15) is 18.0 Å². The van der Waals surface area contributed by atoms with Gasteiger partial charge in [-0.1, -0.05) is 60.7 Å². The van der Waals surface area contributed by atoms with Gasteiger partial charge in [-0.25, -0.2) is 4.79 Å². The second kappa shape index (κ2) is 11.4. The number of amides is 1. The number of ether oxygens (including phenoxy) is 1. The molecule has 0 spiro atoms. The van der Waals surface area contributed by atoms with Crippen LogP contribution < -0.4 is 16.7 Å². The first-order chi connectivity index (χ1) is 17.4. The van der Waals surface area contributed by atoms with Crippen LogP contribution in [0.4, 0.5) is 10.3 Å². The van der Waals surface area contributed by atoms with Gasteiger partial charge in [0.25, 0.3) is 5.91 Å². The van der Waals surface area contributed by atoms with Crippen LogP contribution in [0.2, 0.25) is 0 Å². The molecule has 0 unspecified atom stereocenters. The van der Waals surface area contributed by atoms with Gasteiger partial charge in [0.15, 0.2) is 12.3 Å². The molecule has 36 heavy (non-hydrogen) atoms. The first kappa shape index (κ1) is 25.5. The van der Waals surface area contributed by atoms with Crippen molar-refractivity contribution in [3.8, 4) is 0 Å². The number of hydrogen-bond donors (Lipinski definition) is 4. The number of rotatable bonds is 9. The van der Waals surface area contributed by atoms with E-state index in [1.807, 2.05) is 60.7 Å². The summed E-state index contributed by atoms with van der Waals surface area (Å²) < 4.78 is 19.3. The minimum atomic E-state index is -1.61. The van der Waals surface area contributed by atoms with E-state index in [2.05, 4.69) is 15.2 Å². The van der Waals surface area contributed by atoms with E-state index in [9.17, 15) is 24.3 Å². The number of halogens is 1. The Balaban J connectivity index is 1.51. The van der Waals surface area contributed by atoms with Crippen LogP contribution in [-0.4, -0.2) is 57.1 Å². The van der Waals surface area contributed by atoms with Gasteiger partial charge in [0.2, 0.25) is 0 Å². The summed E-state index contributed by atoms with van der Waals surface area (Å²) in [6, 6.07) is 19.8. The van der Waals surface area contributed by atoms with Gasteiger partial charge in [0, 0.05) is 18.7 Å². The molecule has 1 fully saturated rings. The lowest BCUT2D eigenvalue weighted by Gasteiger charge is -2.20. The summed E-state index contributed by atoms with van der Waals surface area (Å²) in [5.41, 5.74) is 6.96. The number of carbonyl (C=O) groups excluding carboxylic acids is 1. The Kier molecular flexibility index (Phi) is 8.06. The number of nitrogens with zero attached hydrogens (tertiary/aromatic N) is 2. The van der Waals surface area contributed by atoms with Crippen molar-refractivity contribution < 1.29 is 29.2 Å². The second-order valence-electron chi connectivity index (χ2n) is 8.44. The standard InChI is InChI=1S/C25H27FN4O6/c26-36-21-20(32)19(14-31)35-24(21)30-13-18(22(27)29-25(30)34)23(33)28-12-11-17(15-7-3-1-4-8-15)16-9-5-2-6-10-16/h1-10,13,17,19-21,24,31-32H,11-12,14H2,(H,28,33)(H2,27,29,34)/t19-,20+,21-,24-/m1/s1. The number of benzene rings is 2. The van der Waals surface area contributed by atoms with Crippen LogP contribution >= 0.6 is 0 Å². The molecule has 0 bridgehead atoms. The van der Waals surface area contributed by atoms with E-state index in [0.29, 0.717) is 6.42 Å². The van der Waals surface area contributed by atoms with Crippen molar-refractivity contribution in [3.63, 3.8) is 0 Å². The highest BCUT2D eigenvalue weighted by Gasteiger charge is 2.47. The molecule has 3 aromatic rings. The fourth-order valence-corrected chi connectivity index (χ4v) is 4.35. The monoisotopic (exact) mass is 498 g/mol. The zero-order valence-corrected chi connectivity index (χ0v) is 19.2. The summed E-state index contributed by atoms with van der Waals surface area (Å²) in [6.07, 6.45) is -4.14. The molecule has 1 aliphatic heterocycles. The van der Waals surface area contributed by atoms with Crippen LogP contribution in [0.5, 0.6) is 0 Å². The molecule has 5 N–H and O–H groups in total. The molecule has 4 rings (SSSR count). The third-order valence-electron chi connectivity index (χ3n) is 6.22. The maximum absolute atomic E-state index is 13.1. The molecule has 190 valence electrons. The fraction of sp³-hybridized carbons (Fsp3) is 0.320. The number of aliphatic hydroxyl groups excluding tert-OH is 2.